The molecule has 6 rings (SSSR count). The van der Waals surface area contributed by atoms with E-state index in [1.54, 1.807) is 60.4 Å². The zero-order chi connectivity index (χ0) is 41.9. The molecule has 5 aromatic rings. The Balaban J connectivity index is 1.00. The van der Waals surface area contributed by atoms with Crippen molar-refractivity contribution in [3.05, 3.63) is 115 Å². The molecular weight excluding hydrogens is 803 g/mol. The number of anilines is 1. The Hall–Kier alpha value is -5.99. The van der Waals surface area contributed by atoms with Crippen LogP contribution in [-0.2, 0) is 23.9 Å². The second-order valence-electron chi connectivity index (χ2n) is 13.9. The fourth-order valence-corrected chi connectivity index (χ4v) is 8.26. The third kappa shape index (κ3) is 13.3. The fraction of sp³-hybridized carbons (Fsp3) is 0.304. The van der Waals surface area contributed by atoms with E-state index < -0.39 is 17.9 Å². The van der Waals surface area contributed by atoms with Crippen molar-refractivity contribution in [3.63, 3.8) is 0 Å². The van der Waals surface area contributed by atoms with Crippen LogP contribution in [0.1, 0.15) is 56.9 Å². The van der Waals surface area contributed by atoms with Crippen molar-refractivity contribution in [1.29, 1.82) is 0 Å². The van der Waals surface area contributed by atoms with Gasteiger partial charge in [-0.1, -0.05) is 48.2 Å². The minimum Gasteiger partial charge on any atom is -0.494 e. The number of carbonyl (C=O) groups is 4. The molecule has 14 heteroatoms. The molecule has 1 aromatic heterocycles. The molecule has 0 atom stereocenters. The first-order valence-corrected chi connectivity index (χ1v) is 21.7. The van der Waals surface area contributed by atoms with Crippen LogP contribution in [0.3, 0.4) is 0 Å². The second-order valence-corrected chi connectivity index (χ2v) is 16.1. The lowest BCUT2D eigenvalue weighted by Gasteiger charge is -2.26. The van der Waals surface area contributed by atoms with Crippen molar-refractivity contribution in [1.82, 2.24) is 4.98 Å². The van der Waals surface area contributed by atoms with E-state index in [1.165, 1.54) is 11.3 Å². The molecule has 1 aliphatic rings. The van der Waals surface area contributed by atoms with Crippen LogP contribution in [-0.4, -0.2) is 61.1 Å². The topological polar surface area (TPSA) is 143 Å². The van der Waals surface area contributed by atoms with Crippen molar-refractivity contribution in [3.8, 4) is 23.0 Å². The Morgan fingerprint density at radius 2 is 1.47 bits per heavy atom. The molecule has 0 bridgehead atoms. The highest BCUT2D eigenvalue weighted by molar-refractivity contribution is 7.99. The first-order valence-electron chi connectivity index (χ1n) is 19.9. The lowest BCUT2D eigenvalue weighted by Crippen LogP contribution is -2.30. The minimum absolute atomic E-state index is 0.266. The molecule has 1 heterocycles. The Morgan fingerprint density at radius 1 is 0.800 bits per heavy atom. The van der Waals surface area contributed by atoms with Crippen LogP contribution in [0.5, 0.6) is 23.0 Å². The molecular formula is C46H47N3O9S2. The van der Waals surface area contributed by atoms with Crippen LogP contribution < -0.4 is 24.0 Å². The van der Waals surface area contributed by atoms with E-state index in [1.807, 2.05) is 47.5 Å². The van der Waals surface area contributed by atoms with Crippen LogP contribution >= 0.6 is 23.1 Å². The van der Waals surface area contributed by atoms with E-state index in [4.69, 9.17) is 33.8 Å². The van der Waals surface area contributed by atoms with Crippen LogP contribution in [0.2, 0.25) is 0 Å². The Morgan fingerprint density at radius 3 is 2.18 bits per heavy atom. The molecule has 0 N–H and O–H groups in total. The summed E-state index contributed by atoms with van der Waals surface area (Å²) in [6.45, 7) is 5.19. The molecule has 0 spiro atoms. The van der Waals surface area contributed by atoms with Crippen LogP contribution in [0, 0.1) is 11.8 Å². The number of carbonyl (C=O) groups excluding carboxylic acids is 4. The summed E-state index contributed by atoms with van der Waals surface area (Å²) < 4.78 is 28.6. The normalized spacial score (nSPS) is 14.9. The summed E-state index contributed by atoms with van der Waals surface area (Å²) in [7, 11) is 0. The maximum Gasteiger partial charge on any atom is 0.330 e. The number of esters is 3. The van der Waals surface area contributed by atoms with Crippen LogP contribution in [0.15, 0.2) is 120 Å². The number of fused-ring (bicyclic) bond motifs is 1. The van der Waals surface area contributed by atoms with E-state index in [9.17, 15) is 19.2 Å². The Labute approximate surface area is 357 Å². The zero-order valence-corrected chi connectivity index (χ0v) is 34.8. The van der Waals surface area contributed by atoms with Gasteiger partial charge in [0.2, 0.25) is 5.13 Å². The third-order valence-electron chi connectivity index (χ3n) is 9.69. The number of hydrogen-bond donors (Lipinski definition) is 0. The van der Waals surface area contributed by atoms with Gasteiger partial charge in [0, 0.05) is 22.3 Å². The average Bonchev–Trinajstić information content (AvgIpc) is 3.72. The summed E-state index contributed by atoms with van der Waals surface area (Å²) in [5.74, 6) is 0.464. The van der Waals surface area contributed by atoms with E-state index in [2.05, 4.69) is 18.7 Å². The van der Waals surface area contributed by atoms with E-state index in [0.717, 1.165) is 52.6 Å². The number of unbranched alkanes of at least 4 members (excludes halogenated alkanes) is 3. The first-order chi connectivity index (χ1) is 29.4. The highest BCUT2D eigenvalue weighted by atomic mass is 32.2. The van der Waals surface area contributed by atoms with Gasteiger partial charge in [0.25, 0.3) is 6.47 Å². The van der Waals surface area contributed by atoms with Crippen molar-refractivity contribution in [2.45, 2.75) is 56.3 Å². The molecule has 12 nitrogen and oxygen atoms in total. The number of thioether (sulfide) groups is 1. The van der Waals surface area contributed by atoms with Gasteiger partial charge in [0.1, 0.15) is 23.0 Å². The molecule has 312 valence electrons. The third-order valence-corrected chi connectivity index (χ3v) is 11.7. The van der Waals surface area contributed by atoms with Crippen molar-refractivity contribution >= 4 is 69.0 Å². The van der Waals surface area contributed by atoms with Crippen LogP contribution in [0.25, 0.3) is 10.2 Å². The fourth-order valence-electron chi connectivity index (χ4n) is 6.46. The number of hydrazone groups is 1. The molecule has 60 heavy (non-hydrogen) atoms. The number of rotatable bonds is 22. The van der Waals surface area contributed by atoms with Gasteiger partial charge in [-0.15, -0.1) is 11.8 Å². The molecule has 1 fully saturated rings. The van der Waals surface area contributed by atoms with E-state index >= 15 is 0 Å². The molecule has 1 aliphatic carbocycles. The molecule has 0 unspecified atom stereocenters. The number of aromatic nitrogens is 1. The van der Waals surface area contributed by atoms with Gasteiger partial charge in [-0.2, -0.15) is 5.10 Å². The number of para-hydroxylation sites is 1. The van der Waals surface area contributed by atoms with Gasteiger partial charge in [-0.05, 0) is 118 Å². The smallest absolute Gasteiger partial charge is 0.330 e. The maximum atomic E-state index is 13.5. The number of benzene rings is 4. The number of thiazole rings is 1. The maximum absolute atomic E-state index is 13.5. The SMILES string of the molecule is C=CC(=O)OCCCCCCOc1ccc(OC(=O)[C@H]2CC[C@H](C(=O)Oc3ccc(OC=O)cc3/C=N/N(CCSc3ccccc3)c3nc4ccccc4s3)CC2)cc1. The minimum atomic E-state index is -0.412. The zero-order valence-electron chi connectivity index (χ0n) is 33.1. The van der Waals surface area contributed by atoms with Crippen molar-refractivity contribution < 1.29 is 42.9 Å². The Bertz CT molecular complexity index is 2190. The molecule has 0 aliphatic heterocycles. The van der Waals surface area contributed by atoms with Gasteiger partial charge >= 0.3 is 17.9 Å². The summed E-state index contributed by atoms with van der Waals surface area (Å²) in [4.78, 5) is 54.9. The van der Waals surface area contributed by atoms with E-state index in [0.29, 0.717) is 74.1 Å². The summed E-state index contributed by atoms with van der Waals surface area (Å²) in [5, 5.41) is 7.34. The molecule has 1 saturated carbocycles. The lowest BCUT2D eigenvalue weighted by atomic mass is 9.82. The predicted octanol–water partition coefficient (Wildman–Crippen LogP) is 9.45. The second kappa shape index (κ2) is 23.0. The van der Waals surface area contributed by atoms with Crippen molar-refractivity contribution in [2.24, 2.45) is 16.9 Å². The molecule has 4 aromatic carbocycles. The molecule has 0 saturated heterocycles. The summed E-state index contributed by atoms with van der Waals surface area (Å²) in [6, 6.07) is 29.7. The summed E-state index contributed by atoms with van der Waals surface area (Å²) in [5.41, 5.74) is 1.31. The van der Waals surface area contributed by atoms with Crippen LogP contribution in [0.4, 0.5) is 5.13 Å². The highest BCUT2D eigenvalue weighted by Gasteiger charge is 2.32. The molecule has 0 radical (unpaired) electrons. The Kier molecular flexibility index (Phi) is 16.7. The molecule has 0 amide bonds. The quantitative estimate of drug-likeness (QED) is 0.00957. The lowest BCUT2D eigenvalue weighted by molar-refractivity contribution is -0.145. The standard InChI is InChI=1S/C46H47N3O9S2/c1-2-43(51)55-28-11-4-3-10-27-54-36-20-22-37(23-21-36)57-44(52)33-16-18-34(19-17-33)45(53)58-41-25-24-38(56-32-50)30-35(41)31-47-49(26-29-59-39-12-6-5-7-13-39)46-48-40-14-8-9-15-42(40)60-46/h2,5-9,12-15,20-25,30-34H,1,3-4,10-11,16-19,26-29H2/b47-31+/t33-,34-. The highest BCUT2D eigenvalue weighted by Crippen LogP contribution is 2.34. The average molecular weight is 850 g/mol. The van der Waals surface area contributed by atoms with Gasteiger partial charge in [0.15, 0.2) is 0 Å². The predicted molar refractivity (Wildman–Crippen MR) is 233 cm³/mol. The first kappa shape index (κ1) is 43.6. The van der Waals surface area contributed by atoms with E-state index in [-0.39, 0.29) is 23.4 Å². The largest absolute Gasteiger partial charge is 0.494 e. The number of hydrogen-bond acceptors (Lipinski definition) is 14. The number of nitrogens with zero attached hydrogens (tertiary/aromatic N) is 3. The summed E-state index contributed by atoms with van der Waals surface area (Å²) in [6.07, 6.45) is 8.16. The van der Waals surface area contributed by atoms with Gasteiger partial charge in [-0.3, -0.25) is 14.4 Å². The monoisotopic (exact) mass is 849 g/mol. The van der Waals surface area contributed by atoms with Crippen molar-refractivity contribution in [2.75, 3.05) is 30.5 Å². The van der Waals surface area contributed by atoms with Gasteiger partial charge < -0.3 is 23.7 Å². The van der Waals surface area contributed by atoms with Gasteiger partial charge in [0.05, 0.1) is 48.0 Å². The summed E-state index contributed by atoms with van der Waals surface area (Å²) >= 11 is 3.23. The number of ether oxygens (including phenoxy) is 5. The van der Waals surface area contributed by atoms with Gasteiger partial charge in [-0.25, -0.2) is 14.8 Å².